The van der Waals surface area contributed by atoms with Crippen LogP contribution >= 0.6 is 0 Å². The van der Waals surface area contributed by atoms with Gasteiger partial charge in [-0.2, -0.15) is 5.10 Å². The van der Waals surface area contributed by atoms with Gasteiger partial charge in [-0.15, -0.1) is 5.10 Å². The van der Waals surface area contributed by atoms with E-state index in [1.54, 1.807) is 12.4 Å². The predicted molar refractivity (Wildman–Crippen MR) is 52.3 cm³/mol. The van der Waals surface area contributed by atoms with Crippen molar-refractivity contribution in [2.45, 2.75) is 6.92 Å². The zero-order chi connectivity index (χ0) is 9.68. The number of hydrogen-bond donors (Lipinski definition) is 2. The quantitative estimate of drug-likeness (QED) is 0.381. The molecule has 0 fully saturated rings. The molecule has 0 saturated carbocycles. The van der Waals surface area contributed by atoms with Gasteiger partial charge in [0.15, 0.2) is 0 Å². The van der Waals surface area contributed by atoms with Gasteiger partial charge in [0.1, 0.15) is 0 Å². The molecule has 0 aliphatic carbocycles. The van der Waals surface area contributed by atoms with Gasteiger partial charge in [0.25, 0.3) is 0 Å². The van der Waals surface area contributed by atoms with Crippen molar-refractivity contribution in [3.8, 4) is 0 Å². The molecule has 0 saturated heterocycles. The molecule has 0 spiro atoms. The van der Waals surface area contributed by atoms with E-state index in [1.807, 2.05) is 19.1 Å². The summed E-state index contributed by atoms with van der Waals surface area (Å²) in [5.41, 5.74) is 11.9. The zero-order valence-electron chi connectivity index (χ0n) is 7.31. The third-order valence-electron chi connectivity index (χ3n) is 1.39. The van der Waals surface area contributed by atoms with E-state index in [2.05, 4.69) is 15.2 Å². The van der Waals surface area contributed by atoms with Crippen LogP contribution in [0.2, 0.25) is 0 Å². The van der Waals surface area contributed by atoms with Crippen molar-refractivity contribution in [1.82, 2.24) is 4.98 Å². The van der Waals surface area contributed by atoms with Crippen molar-refractivity contribution < 1.29 is 0 Å². The number of guanidine groups is 1. The lowest BCUT2D eigenvalue weighted by atomic mass is 10.2. The Hall–Kier alpha value is -1.91. The van der Waals surface area contributed by atoms with Gasteiger partial charge in [-0.25, -0.2) is 0 Å². The Bertz CT molecular complexity index is 324. The number of hydrogen-bond acceptors (Lipinski definition) is 3. The SMILES string of the molecule is C/C(=N\N=C(N)N)c1cccnc1. The second-order valence-corrected chi connectivity index (χ2v) is 2.45. The summed E-state index contributed by atoms with van der Waals surface area (Å²) in [7, 11) is 0. The molecule has 13 heavy (non-hydrogen) atoms. The van der Waals surface area contributed by atoms with Gasteiger partial charge in [-0.3, -0.25) is 4.98 Å². The second-order valence-electron chi connectivity index (χ2n) is 2.45. The van der Waals surface area contributed by atoms with Gasteiger partial charge in [0.2, 0.25) is 5.96 Å². The molecule has 5 nitrogen and oxygen atoms in total. The van der Waals surface area contributed by atoms with Crippen LogP contribution < -0.4 is 11.5 Å². The van der Waals surface area contributed by atoms with Gasteiger partial charge in [-0.1, -0.05) is 6.07 Å². The lowest BCUT2D eigenvalue weighted by Gasteiger charge is -1.95. The van der Waals surface area contributed by atoms with E-state index in [9.17, 15) is 0 Å². The Labute approximate surface area is 76.2 Å². The maximum absolute atomic E-state index is 5.12. The minimum absolute atomic E-state index is 0.0526. The molecule has 1 aromatic heterocycles. The zero-order valence-corrected chi connectivity index (χ0v) is 7.31. The summed E-state index contributed by atoms with van der Waals surface area (Å²) in [6.45, 7) is 1.81. The van der Waals surface area contributed by atoms with Crippen molar-refractivity contribution in [3.63, 3.8) is 0 Å². The largest absolute Gasteiger partial charge is 0.369 e. The molecular weight excluding hydrogens is 166 g/mol. The summed E-state index contributed by atoms with van der Waals surface area (Å²) in [4.78, 5) is 3.94. The maximum Gasteiger partial charge on any atom is 0.211 e. The Morgan fingerprint density at radius 2 is 2.15 bits per heavy atom. The molecule has 1 heterocycles. The minimum atomic E-state index is -0.0526. The van der Waals surface area contributed by atoms with Crippen LogP contribution in [0.1, 0.15) is 12.5 Å². The third-order valence-corrected chi connectivity index (χ3v) is 1.39. The molecule has 1 aromatic rings. The van der Waals surface area contributed by atoms with Crippen LogP contribution in [0.5, 0.6) is 0 Å². The first-order chi connectivity index (χ1) is 6.20. The van der Waals surface area contributed by atoms with Crippen LogP contribution in [0.4, 0.5) is 0 Å². The van der Waals surface area contributed by atoms with Crippen molar-refractivity contribution in [2.75, 3.05) is 0 Å². The molecule has 0 aliphatic rings. The first kappa shape index (κ1) is 9.18. The van der Waals surface area contributed by atoms with Gasteiger partial charge in [0, 0.05) is 18.0 Å². The van der Waals surface area contributed by atoms with Crippen molar-refractivity contribution in [1.29, 1.82) is 0 Å². The molecule has 0 amide bonds. The molecule has 0 atom stereocenters. The van der Waals surface area contributed by atoms with Gasteiger partial charge < -0.3 is 11.5 Å². The van der Waals surface area contributed by atoms with E-state index in [-0.39, 0.29) is 5.96 Å². The highest BCUT2D eigenvalue weighted by molar-refractivity contribution is 5.98. The predicted octanol–water partition coefficient (Wildman–Crippen LogP) is 0.0790. The van der Waals surface area contributed by atoms with E-state index in [4.69, 9.17) is 11.5 Å². The first-order valence-corrected chi connectivity index (χ1v) is 3.73. The molecule has 5 heteroatoms. The number of aromatic nitrogens is 1. The van der Waals surface area contributed by atoms with E-state index in [0.717, 1.165) is 11.3 Å². The molecule has 0 aliphatic heterocycles. The molecule has 0 unspecified atom stereocenters. The second kappa shape index (κ2) is 4.20. The summed E-state index contributed by atoms with van der Waals surface area (Å²) in [6.07, 6.45) is 3.39. The Morgan fingerprint density at radius 3 is 2.69 bits per heavy atom. The summed E-state index contributed by atoms with van der Waals surface area (Å²) in [5.74, 6) is -0.0526. The van der Waals surface area contributed by atoms with E-state index >= 15 is 0 Å². The average molecular weight is 177 g/mol. The Kier molecular flexibility index (Phi) is 2.97. The van der Waals surface area contributed by atoms with E-state index < -0.39 is 0 Å². The van der Waals surface area contributed by atoms with Gasteiger partial charge >= 0.3 is 0 Å². The number of nitrogens with zero attached hydrogens (tertiary/aromatic N) is 3. The van der Waals surface area contributed by atoms with E-state index in [0.29, 0.717) is 0 Å². The van der Waals surface area contributed by atoms with Gasteiger partial charge in [-0.05, 0) is 13.0 Å². The molecule has 1 rings (SSSR count). The fraction of sp³-hybridized carbons (Fsp3) is 0.125. The lowest BCUT2D eigenvalue weighted by molar-refractivity contribution is 1.19. The van der Waals surface area contributed by atoms with Gasteiger partial charge in [0.05, 0.1) is 5.71 Å². The Morgan fingerprint density at radius 1 is 1.38 bits per heavy atom. The molecule has 0 aromatic carbocycles. The first-order valence-electron chi connectivity index (χ1n) is 3.73. The number of pyridine rings is 1. The Balaban J connectivity index is 2.86. The van der Waals surface area contributed by atoms with Crippen LogP contribution in [0.25, 0.3) is 0 Å². The monoisotopic (exact) mass is 177 g/mol. The normalized spacial score (nSPS) is 11.0. The molecular formula is C8H11N5. The standard InChI is InChI=1S/C8H11N5/c1-6(12-13-8(9)10)7-3-2-4-11-5-7/h2-5H,1H3,(H4,9,10,13)/b12-6+. The van der Waals surface area contributed by atoms with Crippen LogP contribution in [-0.2, 0) is 0 Å². The summed E-state index contributed by atoms with van der Waals surface area (Å²) < 4.78 is 0. The van der Waals surface area contributed by atoms with Crippen LogP contribution in [0.3, 0.4) is 0 Å². The highest BCUT2D eigenvalue weighted by Gasteiger charge is 1.94. The van der Waals surface area contributed by atoms with Crippen molar-refractivity contribution >= 4 is 11.7 Å². The summed E-state index contributed by atoms with van der Waals surface area (Å²) >= 11 is 0. The van der Waals surface area contributed by atoms with Crippen molar-refractivity contribution in [3.05, 3.63) is 30.1 Å². The van der Waals surface area contributed by atoms with Crippen LogP contribution in [-0.4, -0.2) is 16.7 Å². The number of rotatable bonds is 2. The summed E-state index contributed by atoms with van der Waals surface area (Å²) in [6, 6.07) is 3.71. The van der Waals surface area contributed by atoms with Crippen molar-refractivity contribution in [2.24, 2.45) is 21.7 Å². The lowest BCUT2D eigenvalue weighted by Crippen LogP contribution is -2.22. The van der Waals surface area contributed by atoms with Crippen LogP contribution in [0, 0.1) is 0 Å². The fourth-order valence-electron chi connectivity index (χ4n) is 0.767. The smallest absolute Gasteiger partial charge is 0.211 e. The molecule has 68 valence electrons. The fourth-order valence-corrected chi connectivity index (χ4v) is 0.767. The van der Waals surface area contributed by atoms with E-state index in [1.165, 1.54) is 0 Å². The molecule has 4 N–H and O–H groups in total. The third kappa shape index (κ3) is 2.90. The highest BCUT2D eigenvalue weighted by Crippen LogP contribution is 1.98. The maximum atomic E-state index is 5.12. The molecule has 0 radical (unpaired) electrons. The molecule has 0 bridgehead atoms. The average Bonchev–Trinajstić information content (AvgIpc) is 2.15. The summed E-state index contributed by atoms with van der Waals surface area (Å²) in [5, 5.41) is 7.34. The van der Waals surface area contributed by atoms with Crippen LogP contribution in [0.15, 0.2) is 34.7 Å². The topological polar surface area (TPSA) is 89.6 Å². The highest BCUT2D eigenvalue weighted by atomic mass is 15.3. The number of nitrogens with two attached hydrogens (primary N) is 2. The minimum Gasteiger partial charge on any atom is -0.369 e.